The van der Waals surface area contributed by atoms with Crippen LogP contribution in [0.15, 0.2) is 53.1 Å². The average molecular weight is 379 g/mol. The van der Waals surface area contributed by atoms with E-state index in [9.17, 15) is 9.90 Å². The van der Waals surface area contributed by atoms with Gasteiger partial charge in [-0.15, -0.1) is 0 Å². The smallest absolute Gasteiger partial charge is 0.276 e. The average Bonchev–Trinajstić information content (AvgIpc) is 3.18. The van der Waals surface area contributed by atoms with Crippen LogP contribution in [0.4, 0.5) is 0 Å². The van der Waals surface area contributed by atoms with E-state index in [0.717, 1.165) is 42.3 Å². The monoisotopic (exact) mass is 379 g/mol. The van der Waals surface area contributed by atoms with Crippen LogP contribution >= 0.6 is 0 Å². The van der Waals surface area contributed by atoms with Crippen molar-refractivity contribution in [3.05, 3.63) is 65.5 Å². The summed E-state index contributed by atoms with van der Waals surface area (Å²) in [5.41, 5.74) is 1.43. The maximum atomic E-state index is 12.8. The van der Waals surface area contributed by atoms with Gasteiger partial charge in [-0.25, -0.2) is 0 Å². The predicted molar refractivity (Wildman–Crippen MR) is 107 cm³/mol. The van der Waals surface area contributed by atoms with Gasteiger partial charge < -0.3 is 14.5 Å². The Balaban J connectivity index is 1.42. The number of aliphatic hydroxyl groups excluding tert-OH is 1. The summed E-state index contributed by atoms with van der Waals surface area (Å²) >= 11 is 0. The maximum absolute atomic E-state index is 12.8. The van der Waals surface area contributed by atoms with E-state index in [-0.39, 0.29) is 12.0 Å². The van der Waals surface area contributed by atoms with Crippen LogP contribution in [0, 0.1) is 0 Å². The zero-order valence-electron chi connectivity index (χ0n) is 16.0. The Morgan fingerprint density at radius 2 is 1.96 bits per heavy atom. The van der Waals surface area contributed by atoms with Gasteiger partial charge in [-0.3, -0.25) is 9.69 Å². The molecule has 0 bridgehead atoms. The molecule has 0 aliphatic carbocycles. The first-order valence-corrected chi connectivity index (χ1v) is 9.68. The molecule has 1 saturated heterocycles. The molecule has 2 heterocycles. The highest BCUT2D eigenvalue weighted by molar-refractivity contribution is 5.92. The van der Waals surface area contributed by atoms with Crippen LogP contribution < -0.4 is 0 Å². The van der Waals surface area contributed by atoms with E-state index in [4.69, 9.17) is 4.52 Å². The Morgan fingerprint density at radius 3 is 2.79 bits per heavy atom. The quantitative estimate of drug-likeness (QED) is 0.738. The van der Waals surface area contributed by atoms with Crippen molar-refractivity contribution >= 4 is 16.7 Å². The van der Waals surface area contributed by atoms with E-state index in [1.807, 2.05) is 24.3 Å². The summed E-state index contributed by atoms with van der Waals surface area (Å²) in [6.07, 6.45) is 1.34. The molecule has 6 nitrogen and oxygen atoms in total. The van der Waals surface area contributed by atoms with Crippen LogP contribution in [-0.4, -0.2) is 52.2 Å². The Hall–Kier alpha value is -2.70. The lowest BCUT2D eigenvalue weighted by Gasteiger charge is -2.28. The SMILES string of the molecule is CN(Cc1cccc2ccccc12)C(=O)c1cc(CN2CCC(O)CC2)on1. The molecule has 1 aliphatic heterocycles. The minimum atomic E-state index is -0.203. The zero-order chi connectivity index (χ0) is 19.5. The second-order valence-corrected chi connectivity index (χ2v) is 7.49. The molecule has 1 aromatic heterocycles. The molecule has 1 amide bonds. The number of aromatic nitrogens is 1. The molecule has 6 heteroatoms. The highest BCUT2D eigenvalue weighted by Gasteiger charge is 2.21. The Morgan fingerprint density at radius 1 is 1.21 bits per heavy atom. The highest BCUT2D eigenvalue weighted by atomic mass is 16.5. The maximum Gasteiger partial charge on any atom is 0.276 e. The summed E-state index contributed by atoms with van der Waals surface area (Å²) in [5.74, 6) is 0.523. The number of likely N-dealkylation sites (tertiary alicyclic amines) is 1. The van der Waals surface area contributed by atoms with Crippen molar-refractivity contribution < 1.29 is 14.4 Å². The minimum Gasteiger partial charge on any atom is -0.393 e. The van der Waals surface area contributed by atoms with Crippen LogP contribution in [-0.2, 0) is 13.1 Å². The van der Waals surface area contributed by atoms with Gasteiger partial charge in [0, 0.05) is 32.7 Å². The number of carbonyl (C=O) groups excluding carboxylic acids is 1. The lowest BCUT2D eigenvalue weighted by atomic mass is 10.0. The summed E-state index contributed by atoms with van der Waals surface area (Å²) in [5, 5.41) is 15.9. The summed E-state index contributed by atoms with van der Waals surface area (Å²) < 4.78 is 5.38. The third kappa shape index (κ3) is 4.08. The number of fused-ring (bicyclic) bond motifs is 1. The minimum absolute atomic E-state index is 0.156. The first-order valence-electron chi connectivity index (χ1n) is 9.68. The lowest BCUT2D eigenvalue weighted by molar-refractivity contribution is 0.0743. The molecule has 3 aromatic rings. The van der Waals surface area contributed by atoms with Crippen LogP contribution in [0.1, 0.15) is 34.7 Å². The van der Waals surface area contributed by atoms with E-state index < -0.39 is 0 Å². The first kappa shape index (κ1) is 18.7. The van der Waals surface area contributed by atoms with Crippen molar-refractivity contribution in [2.45, 2.75) is 32.0 Å². The van der Waals surface area contributed by atoms with Gasteiger partial charge in [-0.1, -0.05) is 47.6 Å². The van der Waals surface area contributed by atoms with Gasteiger partial charge in [0.1, 0.15) is 0 Å². The number of benzene rings is 2. The van der Waals surface area contributed by atoms with Crippen molar-refractivity contribution in [1.82, 2.24) is 15.0 Å². The molecule has 2 aromatic carbocycles. The summed E-state index contributed by atoms with van der Waals surface area (Å²) in [6.45, 7) is 2.77. The number of hydrogen-bond donors (Lipinski definition) is 1. The van der Waals surface area contributed by atoms with E-state index in [1.54, 1.807) is 18.0 Å². The molecule has 1 aliphatic rings. The van der Waals surface area contributed by atoms with Crippen LogP contribution in [0.5, 0.6) is 0 Å². The Bertz CT molecular complexity index is 955. The van der Waals surface area contributed by atoms with Crippen LogP contribution in [0.3, 0.4) is 0 Å². The number of rotatable bonds is 5. The fourth-order valence-corrected chi connectivity index (χ4v) is 3.74. The van der Waals surface area contributed by atoms with E-state index >= 15 is 0 Å². The molecule has 28 heavy (non-hydrogen) atoms. The molecular formula is C22H25N3O3. The third-order valence-corrected chi connectivity index (χ3v) is 5.35. The van der Waals surface area contributed by atoms with Gasteiger partial charge in [0.2, 0.25) is 0 Å². The number of aliphatic hydroxyl groups is 1. The molecule has 146 valence electrons. The molecule has 1 fully saturated rings. The summed E-state index contributed by atoms with van der Waals surface area (Å²) in [4.78, 5) is 16.7. The first-order chi connectivity index (χ1) is 13.6. The standard InChI is InChI=1S/C22H25N3O3/c1-24(14-17-7-4-6-16-5-2-3-8-20(16)17)22(27)21-13-19(28-23-21)15-25-11-9-18(26)10-12-25/h2-8,13,18,26H,9-12,14-15H2,1H3. The molecule has 0 saturated carbocycles. The number of hydrogen-bond acceptors (Lipinski definition) is 5. The molecule has 0 radical (unpaired) electrons. The van der Waals surface area contributed by atoms with E-state index in [0.29, 0.717) is 24.5 Å². The summed E-state index contributed by atoms with van der Waals surface area (Å²) in [6, 6.07) is 16.0. The second kappa shape index (κ2) is 8.12. The van der Waals surface area contributed by atoms with E-state index in [2.05, 4.69) is 28.3 Å². The fraction of sp³-hybridized carbons (Fsp3) is 0.364. The second-order valence-electron chi connectivity index (χ2n) is 7.49. The van der Waals surface area contributed by atoms with Crippen molar-refractivity contribution in [3.8, 4) is 0 Å². The van der Waals surface area contributed by atoms with Crippen LogP contribution in [0.25, 0.3) is 10.8 Å². The van der Waals surface area contributed by atoms with Gasteiger partial charge in [-0.05, 0) is 29.2 Å². The van der Waals surface area contributed by atoms with Crippen molar-refractivity contribution in [2.24, 2.45) is 0 Å². The molecule has 4 rings (SSSR count). The van der Waals surface area contributed by atoms with Crippen molar-refractivity contribution in [3.63, 3.8) is 0 Å². The Labute approximate surface area is 164 Å². The van der Waals surface area contributed by atoms with Gasteiger partial charge in [-0.2, -0.15) is 0 Å². The predicted octanol–water partition coefficient (Wildman–Crippen LogP) is 3.06. The van der Waals surface area contributed by atoms with Gasteiger partial charge in [0.25, 0.3) is 5.91 Å². The van der Waals surface area contributed by atoms with Crippen molar-refractivity contribution in [2.75, 3.05) is 20.1 Å². The van der Waals surface area contributed by atoms with E-state index in [1.165, 1.54) is 0 Å². The Kier molecular flexibility index (Phi) is 5.41. The lowest BCUT2D eigenvalue weighted by Crippen LogP contribution is -2.35. The fourth-order valence-electron chi connectivity index (χ4n) is 3.74. The molecule has 1 N–H and O–H groups in total. The van der Waals surface area contributed by atoms with Gasteiger partial charge in [0.15, 0.2) is 11.5 Å². The molecular weight excluding hydrogens is 354 g/mol. The van der Waals surface area contributed by atoms with Gasteiger partial charge in [0.05, 0.1) is 12.6 Å². The van der Waals surface area contributed by atoms with Gasteiger partial charge >= 0.3 is 0 Å². The normalized spacial score (nSPS) is 15.8. The number of nitrogens with zero attached hydrogens (tertiary/aromatic N) is 3. The third-order valence-electron chi connectivity index (χ3n) is 5.35. The molecule has 0 atom stereocenters. The summed E-state index contributed by atoms with van der Waals surface area (Å²) in [7, 11) is 1.78. The van der Waals surface area contributed by atoms with Crippen LogP contribution in [0.2, 0.25) is 0 Å². The topological polar surface area (TPSA) is 69.8 Å². The largest absolute Gasteiger partial charge is 0.393 e. The van der Waals surface area contributed by atoms with Crippen molar-refractivity contribution in [1.29, 1.82) is 0 Å². The molecule has 0 unspecified atom stereocenters. The number of amides is 1. The number of piperidine rings is 1. The number of carbonyl (C=O) groups is 1. The zero-order valence-corrected chi connectivity index (χ0v) is 16.0. The highest BCUT2D eigenvalue weighted by Crippen LogP contribution is 2.21. The molecule has 0 spiro atoms.